The average molecular weight is 359 g/mol. The minimum Gasteiger partial charge on any atom is -0.476 e. The molecule has 106 valence electrons. The highest BCUT2D eigenvalue weighted by atomic mass is 79.9. The van der Waals surface area contributed by atoms with Gasteiger partial charge in [-0.1, -0.05) is 0 Å². The first-order chi connectivity index (χ1) is 9.47. The van der Waals surface area contributed by atoms with Crippen LogP contribution in [0.1, 0.15) is 31.6 Å². The van der Waals surface area contributed by atoms with Crippen LogP contribution in [-0.4, -0.2) is 28.5 Å². The first-order valence-corrected chi connectivity index (χ1v) is 7.36. The van der Waals surface area contributed by atoms with Crippen LogP contribution in [0.25, 0.3) is 0 Å². The van der Waals surface area contributed by atoms with Crippen molar-refractivity contribution >= 4 is 39.1 Å². The number of nitrogens with one attached hydrogen (secondary N) is 1. The van der Waals surface area contributed by atoms with Crippen molar-refractivity contribution in [2.45, 2.75) is 13.3 Å². The Morgan fingerprint density at radius 3 is 2.85 bits per heavy atom. The Labute approximate surface area is 127 Å². The number of aromatic carboxylic acids is 1. The lowest BCUT2D eigenvalue weighted by Crippen LogP contribution is -2.25. The molecule has 0 spiro atoms. The molecule has 0 aliphatic heterocycles. The van der Waals surface area contributed by atoms with Crippen molar-refractivity contribution in [3.63, 3.8) is 0 Å². The molecular formula is C12H11BrN2O4S. The number of aromatic nitrogens is 1. The number of amides is 1. The normalized spacial score (nSPS) is 10.5. The summed E-state index contributed by atoms with van der Waals surface area (Å²) >= 11 is 4.42. The second-order valence-corrected chi connectivity index (χ2v) is 5.72. The summed E-state index contributed by atoms with van der Waals surface area (Å²) in [4.78, 5) is 26.5. The maximum absolute atomic E-state index is 11.8. The standard InChI is InChI=1S/C12H11BrN2O4S/c1-6-4-8(13)19-10(6)11(16)14-3-2-9-15-7(5-20-9)12(17)18/h4-5H,2-3H2,1H3,(H,14,16)(H,17,18). The van der Waals surface area contributed by atoms with E-state index in [1.165, 1.54) is 16.7 Å². The van der Waals surface area contributed by atoms with Crippen molar-refractivity contribution in [3.8, 4) is 0 Å². The quantitative estimate of drug-likeness (QED) is 0.856. The van der Waals surface area contributed by atoms with Gasteiger partial charge in [-0.2, -0.15) is 0 Å². The van der Waals surface area contributed by atoms with Gasteiger partial charge in [-0.15, -0.1) is 11.3 Å². The molecule has 0 aliphatic carbocycles. The van der Waals surface area contributed by atoms with Gasteiger partial charge in [0.25, 0.3) is 5.91 Å². The van der Waals surface area contributed by atoms with Gasteiger partial charge in [-0.05, 0) is 28.9 Å². The fourth-order valence-electron chi connectivity index (χ4n) is 1.56. The highest BCUT2D eigenvalue weighted by molar-refractivity contribution is 9.10. The molecule has 8 heteroatoms. The molecule has 0 bridgehead atoms. The number of hydrogen-bond donors (Lipinski definition) is 2. The van der Waals surface area contributed by atoms with E-state index in [2.05, 4.69) is 26.2 Å². The third-order valence-electron chi connectivity index (χ3n) is 2.49. The van der Waals surface area contributed by atoms with Gasteiger partial charge in [0.2, 0.25) is 0 Å². The van der Waals surface area contributed by atoms with Gasteiger partial charge in [-0.25, -0.2) is 9.78 Å². The van der Waals surface area contributed by atoms with Crippen LogP contribution in [0.4, 0.5) is 0 Å². The summed E-state index contributed by atoms with van der Waals surface area (Å²) in [5.74, 6) is -1.09. The highest BCUT2D eigenvalue weighted by Gasteiger charge is 2.15. The number of halogens is 1. The van der Waals surface area contributed by atoms with E-state index in [9.17, 15) is 9.59 Å². The van der Waals surface area contributed by atoms with Gasteiger partial charge >= 0.3 is 5.97 Å². The monoisotopic (exact) mass is 358 g/mol. The number of thiazole rings is 1. The average Bonchev–Trinajstić information content (AvgIpc) is 2.96. The van der Waals surface area contributed by atoms with Crippen molar-refractivity contribution in [1.82, 2.24) is 10.3 Å². The van der Waals surface area contributed by atoms with Crippen LogP contribution in [0.15, 0.2) is 20.5 Å². The number of furan rings is 1. The van der Waals surface area contributed by atoms with E-state index in [4.69, 9.17) is 9.52 Å². The Balaban J connectivity index is 1.87. The molecule has 0 saturated heterocycles. The first kappa shape index (κ1) is 14.7. The number of carboxylic acids is 1. The molecule has 2 rings (SSSR count). The van der Waals surface area contributed by atoms with E-state index < -0.39 is 5.97 Å². The molecule has 2 aromatic rings. The third-order valence-corrected chi connectivity index (χ3v) is 3.79. The van der Waals surface area contributed by atoms with Gasteiger partial charge in [0, 0.05) is 23.9 Å². The molecule has 1 amide bonds. The van der Waals surface area contributed by atoms with Crippen molar-refractivity contribution in [1.29, 1.82) is 0 Å². The van der Waals surface area contributed by atoms with Crippen LogP contribution in [0, 0.1) is 6.92 Å². The van der Waals surface area contributed by atoms with E-state index in [0.29, 0.717) is 22.6 Å². The summed E-state index contributed by atoms with van der Waals surface area (Å²) in [6, 6.07) is 1.72. The fraction of sp³-hybridized carbons (Fsp3) is 0.250. The van der Waals surface area contributed by atoms with Crippen LogP contribution in [0.5, 0.6) is 0 Å². The summed E-state index contributed by atoms with van der Waals surface area (Å²) in [7, 11) is 0. The molecule has 0 aromatic carbocycles. The lowest BCUT2D eigenvalue weighted by Gasteiger charge is -2.02. The van der Waals surface area contributed by atoms with Gasteiger partial charge in [0.05, 0.1) is 5.01 Å². The Morgan fingerprint density at radius 2 is 2.30 bits per heavy atom. The minimum atomic E-state index is -1.05. The maximum Gasteiger partial charge on any atom is 0.355 e. The summed E-state index contributed by atoms with van der Waals surface area (Å²) in [6.45, 7) is 2.15. The molecular weight excluding hydrogens is 348 g/mol. The molecule has 6 nitrogen and oxygen atoms in total. The van der Waals surface area contributed by atoms with E-state index in [0.717, 1.165) is 5.56 Å². The largest absolute Gasteiger partial charge is 0.476 e. The number of aryl methyl sites for hydroxylation is 1. The van der Waals surface area contributed by atoms with Gasteiger partial charge < -0.3 is 14.8 Å². The lowest BCUT2D eigenvalue weighted by molar-refractivity contribution is 0.0690. The number of nitrogens with zero attached hydrogens (tertiary/aromatic N) is 1. The van der Waals surface area contributed by atoms with Crippen molar-refractivity contribution in [3.05, 3.63) is 38.1 Å². The zero-order valence-corrected chi connectivity index (χ0v) is 12.9. The van der Waals surface area contributed by atoms with E-state index in [1.807, 2.05) is 0 Å². The van der Waals surface area contributed by atoms with Gasteiger partial charge in [0.1, 0.15) is 0 Å². The minimum absolute atomic E-state index is 0.0298. The Hall–Kier alpha value is -1.67. The number of hydrogen-bond acceptors (Lipinski definition) is 5. The zero-order valence-electron chi connectivity index (χ0n) is 10.5. The molecule has 2 N–H and O–H groups in total. The Bertz CT molecular complexity index is 650. The Kier molecular flexibility index (Phi) is 4.56. The fourth-order valence-corrected chi connectivity index (χ4v) is 2.83. The number of carbonyl (C=O) groups excluding carboxylic acids is 1. The molecule has 0 saturated carbocycles. The van der Waals surface area contributed by atoms with E-state index in [-0.39, 0.29) is 17.4 Å². The van der Waals surface area contributed by atoms with E-state index in [1.54, 1.807) is 13.0 Å². The third kappa shape index (κ3) is 3.45. The van der Waals surface area contributed by atoms with Crippen molar-refractivity contribution < 1.29 is 19.1 Å². The predicted molar refractivity (Wildman–Crippen MR) is 76.3 cm³/mol. The molecule has 0 radical (unpaired) electrons. The smallest absolute Gasteiger partial charge is 0.355 e. The number of carbonyl (C=O) groups is 2. The SMILES string of the molecule is Cc1cc(Br)oc1C(=O)NCCc1nc(C(=O)O)cs1. The van der Waals surface area contributed by atoms with Crippen LogP contribution in [-0.2, 0) is 6.42 Å². The molecule has 0 unspecified atom stereocenters. The second-order valence-electron chi connectivity index (χ2n) is 4.00. The molecule has 0 fully saturated rings. The number of carboxylic acid groups (broad SMARTS) is 1. The van der Waals surface area contributed by atoms with Gasteiger partial charge in [-0.3, -0.25) is 4.79 Å². The first-order valence-electron chi connectivity index (χ1n) is 5.69. The summed E-state index contributed by atoms with van der Waals surface area (Å²) in [6.07, 6.45) is 0.477. The van der Waals surface area contributed by atoms with Crippen LogP contribution < -0.4 is 5.32 Å². The molecule has 0 aliphatic rings. The molecule has 2 aromatic heterocycles. The van der Waals surface area contributed by atoms with Crippen molar-refractivity contribution in [2.24, 2.45) is 0 Å². The molecule has 20 heavy (non-hydrogen) atoms. The highest BCUT2D eigenvalue weighted by Crippen LogP contribution is 2.19. The summed E-state index contributed by atoms with van der Waals surface area (Å²) in [5, 5.41) is 13.6. The predicted octanol–water partition coefficient (Wildman–Crippen LogP) is 2.48. The molecule has 0 atom stereocenters. The summed E-state index contributed by atoms with van der Waals surface area (Å²) < 4.78 is 5.73. The number of rotatable bonds is 5. The zero-order chi connectivity index (χ0) is 14.7. The topological polar surface area (TPSA) is 92.4 Å². The van der Waals surface area contributed by atoms with Crippen LogP contribution in [0.2, 0.25) is 0 Å². The Morgan fingerprint density at radius 1 is 1.55 bits per heavy atom. The van der Waals surface area contributed by atoms with Gasteiger partial charge in [0.15, 0.2) is 16.1 Å². The summed E-state index contributed by atoms with van der Waals surface area (Å²) in [5.41, 5.74) is 0.777. The van der Waals surface area contributed by atoms with Crippen LogP contribution >= 0.6 is 27.3 Å². The van der Waals surface area contributed by atoms with Crippen LogP contribution in [0.3, 0.4) is 0 Å². The molecule has 2 heterocycles. The van der Waals surface area contributed by atoms with Crippen molar-refractivity contribution in [2.75, 3.05) is 6.54 Å². The lowest BCUT2D eigenvalue weighted by atomic mass is 10.2. The van der Waals surface area contributed by atoms with E-state index >= 15 is 0 Å². The second kappa shape index (κ2) is 6.19. The maximum atomic E-state index is 11.8.